The molecular formula is C10H20O3. The highest BCUT2D eigenvalue weighted by molar-refractivity contribution is 5.59. The van der Waals surface area contributed by atoms with E-state index in [1.165, 1.54) is 0 Å². The fraction of sp³-hybridized carbons (Fsp3) is 0.900. The van der Waals surface area contributed by atoms with Crippen molar-refractivity contribution in [1.82, 2.24) is 0 Å². The highest BCUT2D eigenvalue weighted by Gasteiger charge is 2.09. The van der Waals surface area contributed by atoms with Gasteiger partial charge in [-0.25, -0.2) is 4.79 Å². The fourth-order valence-corrected chi connectivity index (χ4v) is 1.16. The van der Waals surface area contributed by atoms with Gasteiger partial charge in [0, 0.05) is 0 Å². The third kappa shape index (κ3) is 6.43. The number of carbonyl (C=O) groups is 1. The second-order valence-corrected chi connectivity index (χ2v) is 3.06. The maximum absolute atomic E-state index is 10.8. The van der Waals surface area contributed by atoms with E-state index in [1.54, 1.807) is 6.92 Å². The lowest BCUT2D eigenvalue weighted by atomic mass is 10.0. The van der Waals surface area contributed by atoms with Crippen molar-refractivity contribution in [1.29, 1.82) is 0 Å². The second-order valence-electron chi connectivity index (χ2n) is 3.06. The standard InChI is InChI=1S/C10H20O3/c1-4-7-9(5-2)8-13-10(11)12-6-3/h9H,4-8H2,1-3H3. The van der Waals surface area contributed by atoms with Gasteiger partial charge in [0.1, 0.15) is 0 Å². The molecule has 1 atom stereocenters. The van der Waals surface area contributed by atoms with Crippen LogP contribution in [0.1, 0.15) is 40.0 Å². The maximum atomic E-state index is 10.8. The van der Waals surface area contributed by atoms with Gasteiger partial charge in [-0.3, -0.25) is 0 Å². The average Bonchev–Trinajstić information content (AvgIpc) is 2.12. The summed E-state index contributed by atoms with van der Waals surface area (Å²) in [5, 5.41) is 0. The van der Waals surface area contributed by atoms with Crippen LogP contribution in [0.3, 0.4) is 0 Å². The lowest BCUT2D eigenvalue weighted by molar-refractivity contribution is 0.0461. The minimum absolute atomic E-state index is 0.378. The monoisotopic (exact) mass is 188 g/mol. The third-order valence-electron chi connectivity index (χ3n) is 1.97. The van der Waals surface area contributed by atoms with Crippen LogP contribution in [0.15, 0.2) is 0 Å². The van der Waals surface area contributed by atoms with Crippen molar-refractivity contribution >= 4 is 6.16 Å². The molecule has 0 amide bonds. The van der Waals surface area contributed by atoms with Gasteiger partial charge in [-0.15, -0.1) is 0 Å². The van der Waals surface area contributed by atoms with E-state index in [0.717, 1.165) is 19.3 Å². The molecule has 0 saturated heterocycles. The van der Waals surface area contributed by atoms with Crippen LogP contribution in [0.5, 0.6) is 0 Å². The number of hydrogen-bond acceptors (Lipinski definition) is 3. The first-order valence-corrected chi connectivity index (χ1v) is 5.04. The molecule has 0 N–H and O–H groups in total. The molecule has 78 valence electrons. The minimum atomic E-state index is -0.544. The van der Waals surface area contributed by atoms with E-state index in [0.29, 0.717) is 19.1 Å². The number of rotatable bonds is 6. The van der Waals surface area contributed by atoms with E-state index in [4.69, 9.17) is 4.74 Å². The highest BCUT2D eigenvalue weighted by Crippen LogP contribution is 2.11. The van der Waals surface area contributed by atoms with Crippen LogP contribution in [-0.2, 0) is 9.47 Å². The molecule has 0 aromatic heterocycles. The van der Waals surface area contributed by atoms with Gasteiger partial charge in [-0.05, 0) is 19.3 Å². The first-order chi connectivity index (χ1) is 6.24. The summed E-state index contributed by atoms with van der Waals surface area (Å²) in [7, 11) is 0. The Bertz CT molecular complexity index is 134. The van der Waals surface area contributed by atoms with Crippen LogP contribution in [0.4, 0.5) is 4.79 Å². The molecule has 0 radical (unpaired) electrons. The smallest absolute Gasteiger partial charge is 0.435 e. The van der Waals surface area contributed by atoms with Crippen molar-refractivity contribution in [2.45, 2.75) is 40.0 Å². The predicted octanol–water partition coefficient (Wildman–Crippen LogP) is 2.99. The zero-order valence-corrected chi connectivity index (χ0v) is 8.84. The summed E-state index contributed by atoms with van der Waals surface area (Å²) in [5.74, 6) is 0.481. The summed E-state index contributed by atoms with van der Waals surface area (Å²) in [6.45, 7) is 6.87. The third-order valence-corrected chi connectivity index (χ3v) is 1.97. The van der Waals surface area contributed by atoms with E-state index >= 15 is 0 Å². The van der Waals surface area contributed by atoms with Crippen molar-refractivity contribution < 1.29 is 14.3 Å². The molecule has 1 unspecified atom stereocenters. The number of carbonyl (C=O) groups excluding carboxylic acids is 1. The normalized spacial score (nSPS) is 12.2. The Labute approximate surface area is 80.4 Å². The SMILES string of the molecule is CCCC(CC)COC(=O)OCC. The van der Waals surface area contributed by atoms with Gasteiger partial charge in [0.25, 0.3) is 0 Å². The van der Waals surface area contributed by atoms with Crippen LogP contribution < -0.4 is 0 Å². The lowest BCUT2D eigenvalue weighted by Gasteiger charge is -2.13. The summed E-state index contributed by atoms with van der Waals surface area (Å²) < 4.78 is 9.58. The Morgan fingerprint density at radius 2 is 1.92 bits per heavy atom. The predicted molar refractivity (Wildman–Crippen MR) is 51.7 cm³/mol. The van der Waals surface area contributed by atoms with Crippen LogP contribution in [0.2, 0.25) is 0 Å². The maximum Gasteiger partial charge on any atom is 0.508 e. The van der Waals surface area contributed by atoms with Crippen molar-refractivity contribution in [2.24, 2.45) is 5.92 Å². The zero-order valence-electron chi connectivity index (χ0n) is 8.84. The van der Waals surface area contributed by atoms with Crippen LogP contribution in [-0.4, -0.2) is 19.4 Å². The molecule has 3 nitrogen and oxygen atoms in total. The number of ether oxygens (including phenoxy) is 2. The van der Waals surface area contributed by atoms with Crippen molar-refractivity contribution in [3.05, 3.63) is 0 Å². The summed E-state index contributed by atoms with van der Waals surface area (Å²) in [5.41, 5.74) is 0. The number of hydrogen-bond donors (Lipinski definition) is 0. The summed E-state index contributed by atoms with van der Waals surface area (Å²) >= 11 is 0. The lowest BCUT2D eigenvalue weighted by Crippen LogP contribution is -2.14. The molecule has 0 heterocycles. The van der Waals surface area contributed by atoms with Gasteiger partial charge in [0.15, 0.2) is 0 Å². The summed E-state index contributed by atoms with van der Waals surface area (Å²) in [4.78, 5) is 10.8. The van der Waals surface area contributed by atoms with E-state index in [9.17, 15) is 4.79 Å². The van der Waals surface area contributed by atoms with Gasteiger partial charge in [0.05, 0.1) is 13.2 Å². The molecule has 0 aliphatic heterocycles. The molecule has 13 heavy (non-hydrogen) atoms. The van der Waals surface area contributed by atoms with Gasteiger partial charge >= 0.3 is 6.16 Å². The van der Waals surface area contributed by atoms with Crippen molar-refractivity contribution in [3.63, 3.8) is 0 Å². The fourth-order valence-electron chi connectivity index (χ4n) is 1.16. The summed E-state index contributed by atoms with van der Waals surface area (Å²) in [6, 6.07) is 0. The largest absolute Gasteiger partial charge is 0.508 e. The molecule has 0 aromatic rings. The Morgan fingerprint density at radius 3 is 2.38 bits per heavy atom. The van der Waals surface area contributed by atoms with Crippen LogP contribution in [0, 0.1) is 5.92 Å². The molecular weight excluding hydrogens is 168 g/mol. The van der Waals surface area contributed by atoms with Gasteiger partial charge < -0.3 is 9.47 Å². The summed E-state index contributed by atoms with van der Waals surface area (Å²) in [6.07, 6.45) is 2.74. The Balaban J connectivity index is 3.52. The first kappa shape index (κ1) is 12.3. The van der Waals surface area contributed by atoms with E-state index < -0.39 is 6.16 Å². The van der Waals surface area contributed by atoms with E-state index in [2.05, 4.69) is 18.6 Å². The van der Waals surface area contributed by atoms with Crippen LogP contribution >= 0.6 is 0 Å². The minimum Gasteiger partial charge on any atom is -0.435 e. The topological polar surface area (TPSA) is 35.5 Å². The van der Waals surface area contributed by atoms with Gasteiger partial charge in [-0.1, -0.05) is 26.7 Å². The van der Waals surface area contributed by atoms with Gasteiger partial charge in [-0.2, -0.15) is 0 Å². The quantitative estimate of drug-likeness (QED) is 0.601. The van der Waals surface area contributed by atoms with E-state index in [-0.39, 0.29) is 0 Å². The molecule has 0 saturated carbocycles. The molecule has 3 heteroatoms. The Morgan fingerprint density at radius 1 is 1.23 bits per heavy atom. The zero-order chi connectivity index (χ0) is 10.1. The molecule has 0 spiro atoms. The second kappa shape index (κ2) is 7.90. The highest BCUT2D eigenvalue weighted by atomic mass is 16.7. The molecule has 0 rings (SSSR count). The first-order valence-electron chi connectivity index (χ1n) is 5.04. The Kier molecular flexibility index (Phi) is 7.45. The molecule has 0 aliphatic rings. The average molecular weight is 188 g/mol. The molecule has 0 aromatic carbocycles. The molecule has 0 bridgehead atoms. The Hall–Kier alpha value is -0.730. The molecule has 0 fully saturated rings. The van der Waals surface area contributed by atoms with Crippen molar-refractivity contribution in [3.8, 4) is 0 Å². The van der Waals surface area contributed by atoms with Crippen molar-refractivity contribution in [2.75, 3.05) is 13.2 Å². The van der Waals surface area contributed by atoms with Crippen LogP contribution in [0.25, 0.3) is 0 Å². The molecule has 0 aliphatic carbocycles. The van der Waals surface area contributed by atoms with Gasteiger partial charge in [0.2, 0.25) is 0 Å². The van der Waals surface area contributed by atoms with E-state index in [1.807, 2.05) is 0 Å².